The Kier molecular flexibility index (Phi) is 6.77. The summed E-state index contributed by atoms with van der Waals surface area (Å²) in [5.74, 6) is -2.01. The van der Waals surface area contributed by atoms with Gasteiger partial charge in [-0.25, -0.2) is 9.50 Å². The molecule has 0 spiro atoms. The minimum absolute atomic E-state index is 0. The molecular formula is C14H19ClN4O4. The summed E-state index contributed by atoms with van der Waals surface area (Å²) in [7, 11) is 0. The Labute approximate surface area is 138 Å². The summed E-state index contributed by atoms with van der Waals surface area (Å²) in [5.41, 5.74) is 0.735. The predicted octanol–water partition coefficient (Wildman–Crippen LogP) is 1.40. The van der Waals surface area contributed by atoms with Crippen LogP contribution in [0.2, 0.25) is 0 Å². The quantitative estimate of drug-likeness (QED) is 0.655. The van der Waals surface area contributed by atoms with E-state index >= 15 is 0 Å². The van der Waals surface area contributed by atoms with Crippen molar-refractivity contribution in [2.24, 2.45) is 0 Å². The molecule has 0 saturated heterocycles. The lowest BCUT2D eigenvalue weighted by molar-refractivity contribution is -0.135. The third-order valence-electron chi connectivity index (χ3n) is 3.29. The van der Waals surface area contributed by atoms with E-state index in [4.69, 9.17) is 5.11 Å². The molecule has 2 aromatic rings. The van der Waals surface area contributed by atoms with Crippen LogP contribution in [0, 0.1) is 0 Å². The van der Waals surface area contributed by atoms with Gasteiger partial charge in [0.05, 0.1) is 0 Å². The fourth-order valence-corrected chi connectivity index (χ4v) is 2.20. The molecule has 0 atom stereocenters. The van der Waals surface area contributed by atoms with Crippen LogP contribution < -0.4 is 5.32 Å². The first-order chi connectivity index (χ1) is 10.5. The normalized spacial score (nSPS) is 10.3. The zero-order valence-corrected chi connectivity index (χ0v) is 13.5. The molecule has 126 valence electrons. The summed E-state index contributed by atoms with van der Waals surface area (Å²) in [5, 5.41) is 25.2. The number of aryl methyl sites for hydroxylation is 1. The lowest BCUT2D eigenvalue weighted by Crippen LogP contribution is -2.30. The van der Waals surface area contributed by atoms with Crippen molar-refractivity contribution in [3.63, 3.8) is 0 Å². The highest BCUT2D eigenvalue weighted by molar-refractivity contribution is 6.03. The largest absolute Gasteiger partial charge is 0.507 e. The number of aliphatic carboxylic acids is 1. The van der Waals surface area contributed by atoms with Crippen molar-refractivity contribution in [3.8, 4) is 5.75 Å². The molecule has 0 fully saturated rings. The lowest BCUT2D eigenvalue weighted by Gasteiger charge is -2.11. The van der Waals surface area contributed by atoms with Crippen molar-refractivity contribution in [2.45, 2.75) is 32.6 Å². The highest BCUT2D eigenvalue weighted by Crippen LogP contribution is 2.27. The van der Waals surface area contributed by atoms with Crippen molar-refractivity contribution >= 4 is 29.9 Å². The van der Waals surface area contributed by atoms with Gasteiger partial charge in [0.1, 0.15) is 24.2 Å². The van der Waals surface area contributed by atoms with Crippen LogP contribution in [0.15, 0.2) is 12.5 Å². The second-order valence-electron chi connectivity index (χ2n) is 4.94. The van der Waals surface area contributed by atoms with Gasteiger partial charge in [0.2, 0.25) is 0 Å². The molecule has 0 unspecified atom stereocenters. The average Bonchev–Trinajstić information content (AvgIpc) is 2.93. The fraction of sp³-hybridized carbons (Fsp3) is 0.429. The Morgan fingerprint density at radius 1 is 1.35 bits per heavy atom. The zero-order chi connectivity index (χ0) is 16.1. The first-order valence-corrected chi connectivity index (χ1v) is 7.08. The smallest absolute Gasteiger partial charge is 0.322 e. The van der Waals surface area contributed by atoms with Gasteiger partial charge < -0.3 is 15.5 Å². The van der Waals surface area contributed by atoms with Gasteiger partial charge in [0.15, 0.2) is 5.65 Å². The van der Waals surface area contributed by atoms with Crippen molar-refractivity contribution < 1.29 is 19.8 Å². The number of carboxylic acids is 1. The number of pyridine rings is 1. The fourth-order valence-electron chi connectivity index (χ4n) is 2.20. The standard InChI is InChI=1S/C14H18N4O4.ClH/c1-2-3-4-5-9-7-18-13(16-8-17-18)11(12(9)21)14(22)15-6-10(19)20;/h7-8,21H,2-6H2,1H3,(H,15,22)(H,19,20);1H. The molecule has 3 N–H and O–H groups in total. The first kappa shape index (κ1) is 18.7. The number of aromatic hydroxyl groups is 1. The van der Waals surface area contributed by atoms with E-state index in [1.165, 1.54) is 10.8 Å². The number of amides is 1. The summed E-state index contributed by atoms with van der Waals surface area (Å²) < 4.78 is 1.41. The Morgan fingerprint density at radius 3 is 2.74 bits per heavy atom. The van der Waals surface area contributed by atoms with Gasteiger partial charge in [-0.05, 0) is 12.8 Å². The van der Waals surface area contributed by atoms with Crippen molar-refractivity contribution in [1.29, 1.82) is 0 Å². The number of rotatable bonds is 7. The van der Waals surface area contributed by atoms with Gasteiger partial charge >= 0.3 is 5.97 Å². The van der Waals surface area contributed by atoms with Crippen molar-refractivity contribution in [1.82, 2.24) is 19.9 Å². The van der Waals surface area contributed by atoms with E-state index in [2.05, 4.69) is 22.3 Å². The number of carbonyl (C=O) groups is 2. The number of hydrogen-bond acceptors (Lipinski definition) is 5. The summed E-state index contributed by atoms with van der Waals surface area (Å²) in [6.45, 7) is 1.55. The van der Waals surface area contributed by atoms with Gasteiger partial charge in [-0.15, -0.1) is 12.4 Å². The van der Waals surface area contributed by atoms with Gasteiger partial charge in [0.25, 0.3) is 5.91 Å². The number of hydrogen-bond donors (Lipinski definition) is 3. The van der Waals surface area contributed by atoms with Gasteiger partial charge in [-0.1, -0.05) is 19.8 Å². The predicted molar refractivity (Wildman–Crippen MR) is 85.1 cm³/mol. The molecular weight excluding hydrogens is 324 g/mol. The number of aromatic nitrogens is 3. The molecule has 0 aliphatic carbocycles. The highest BCUT2D eigenvalue weighted by atomic mass is 35.5. The molecule has 0 bridgehead atoms. The maximum atomic E-state index is 12.1. The van der Waals surface area contributed by atoms with Crippen LogP contribution in [0.1, 0.15) is 42.1 Å². The van der Waals surface area contributed by atoms with Crippen LogP contribution in [0.25, 0.3) is 5.65 Å². The van der Waals surface area contributed by atoms with Gasteiger partial charge in [0, 0.05) is 11.8 Å². The number of fused-ring (bicyclic) bond motifs is 1. The van der Waals surface area contributed by atoms with E-state index < -0.39 is 18.4 Å². The van der Waals surface area contributed by atoms with Gasteiger partial charge in [-0.3, -0.25) is 9.59 Å². The Morgan fingerprint density at radius 2 is 2.09 bits per heavy atom. The molecule has 9 heteroatoms. The maximum Gasteiger partial charge on any atom is 0.322 e. The molecule has 2 rings (SSSR count). The maximum absolute atomic E-state index is 12.1. The molecule has 23 heavy (non-hydrogen) atoms. The highest BCUT2D eigenvalue weighted by Gasteiger charge is 2.21. The Hall–Kier alpha value is -2.35. The average molecular weight is 343 g/mol. The molecule has 0 saturated carbocycles. The summed E-state index contributed by atoms with van der Waals surface area (Å²) in [4.78, 5) is 26.7. The number of nitrogens with one attached hydrogen (secondary N) is 1. The summed E-state index contributed by atoms with van der Waals surface area (Å²) in [6.07, 6.45) is 6.45. The number of carbonyl (C=O) groups excluding carboxylic acids is 1. The van der Waals surface area contributed by atoms with E-state index in [1.807, 2.05) is 0 Å². The van der Waals surface area contributed by atoms with Crippen molar-refractivity contribution in [3.05, 3.63) is 23.7 Å². The number of carboxylic acid groups (broad SMARTS) is 1. The second-order valence-corrected chi connectivity index (χ2v) is 4.94. The Bertz CT molecular complexity index is 701. The summed E-state index contributed by atoms with van der Waals surface area (Å²) in [6, 6.07) is 0. The molecule has 1 amide bonds. The van der Waals surface area contributed by atoms with Crippen LogP contribution in [-0.2, 0) is 11.2 Å². The molecule has 2 aromatic heterocycles. The molecule has 0 radical (unpaired) electrons. The Balaban J connectivity index is 0.00000264. The molecule has 8 nitrogen and oxygen atoms in total. The molecule has 0 aromatic carbocycles. The number of unbranched alkanes of at least 4 members (excludes halogenated alkanes) is 2. The molecule has 2 heterocycles. The number of nitrogens with zero attached hydrogens (tertiary/aromatic N) is 3. The molecule has 0 aliphatic rings. The van der Waals surface area contributed by atoms with Crippen LogP contribution in [0.3, 0.4) is 0 Å². The molecule has 0 aliphatic heterocycles. The van der Waals surface area contributed by atoms with Gasteiger partial charge in [-0.2, -0.15) is 5.10 Å². The van der Waals surface area contributed by atoms with Crippen LogP contribution in [0.5, 0.6) is 5.75 Å². The van der Waals surface area contributed by atoms with E-state index in [-0.39, 0.29) is 29.4 Å². The first-order valence-electron chi connectivity index (χ1n) is 7.08. The third-order valence-corrected chi connectivity index (χ3v) is 3.29. The monoisotopic (exact) mass is 342 g/mol. The van der Waals surface area contributed by atoms with Crippen molar-refractivity contribution in [2.75, 3.05) is 6.54 Å². The SMILES string of the molecule is CCCCCc1cn2ncnc2c(C(=O)NCC(=O)O)c1O.Cl. The second kappa shape index (κ2) is 8.33. The van der Waals surface area contributed by atoms with E-state index in [0.29, 0.717) is 12.0 Å². The zero-order valence-electron chi connectivity index (χ0n) is 12.7. The lowest BCUT2D eigenvalue weighted by atomic mass is 10.0. The third kappa shape index (κ3) is 4.32. The van der Waals surface area contributed by atoms with Crippen LogP contribution in [0.4, 0.5) is 0 Å². The topological polar surface area (TPSA) is 117 Å². The van der Waals surface area contributed by atoms with Crippen LogP contribution >= 0.6 is 12.4 Å². The van der Waals surface area contributed by atoms with E-state index in [1.54, 1.807) is 6.20 Å². The minimum Gasteiger partial charge on any atom is -0.507 e. The number of halogens is 1. The minimum atomic E-state index is -1.16. The van der Waals surface area contributed by atoms with E-state index in [9.17, 15) is 14.7 Å². The van der Waals surface area contributed by atoms with E-state index in [0.717, 1.165) is 19.3 Å². The summed E-state index contributed by atoms with van der Waals surface area (Å²) >= 11 is 0. The van der Waals surface area contributed by atoms with Crippen LogP contribution in [-0.4, -0.2) is 43.2 Å².